The number of methoxy groups -OCH3 is 1. The fraction of sp³-hybridized carbons (Fsp3) is 0.600. The first-order valence-corrected chi connectivity index (χ1v) is 9.75. The zero-order valence-electron chi connectivity index (χ0n) is 13.0. The number of benzene rings is 1. The van der Waals surface area contributed by atoms with E-state index in [1.165, 1.54) is 20.0 Å². The van der Waals surface area contributed by atoms with Crippen LogP contribution in [0.25, 0.3) is 0 Å². The number of nitrogens with zero attached hydrogens (tertiary/aromatic N) is 1. The van der Waals surface area contributed by atoms with E-state index in [-0.39, 0.29) is 10.8 Å². The fourth-order valence-electron chi connectivity index (χ4n) is 2.66. The van der Waals surface area contributed by atoms with Gasteiger partial charge in [0.15, 0.2) is 0 Å². The van der Waals surface area contributed by atoms with Gasteiger partial charge in [-0.15, -0.1) is 0 Å². The molecule has 7 heteroatoms. The van der Waals surface area contributed by atoms with E-state index < -0.39 is 10.0 Å². The molecule has 22 heavy (non-hydrogen) atoms. The Bertz CT molecular complexity index is 601. The number of hydrogen-bond donors (Lipinski definition) is 1. The van der Waals surface area contributed by atoms with Gasteiger partial charge in [-0.25, -0.2) is 13.1 Å². The van der Waals surface area contributed by atoms with Crippen LogP contribution >= 0.6 is 15.9 Å². The van der Waals surface area contributed by atoms with Gasteiger partial charge in [0.05, 0.1) is 7.11 Å². The van der Waals surface area contributed by atoms with E-state index in [0.717, 1.165) is 19.6 Å². The third-order valence-corrected chi connectivity index (χ3v) is 5.74. The van der Waals surface area contributed by atoms with Crippen molar-refractivity contribution in [2.24, 2.45) is 5.92 Å². The lowest BCUT2D eigenvalue weighted by atomic mass is 10.2. The maximum absolute atomic E-state index is 12.5. The van der Waals surface area contributed by atoms with E-state index in [1.54, 1.807) is 18.2 Å². The molecule has 124 valence electrons. The molecule has 0 aliphatic carbocycles. The third kappa shape index (κ3) is 4.68. The average Bonchev–Trinajstić information content (AvgIpc) is 2.98. The number of hydrogen-bond acceptors (Lipinski definition) is 4. The number of halogens is 1. The second kappa shape index (κ2) is 7.77. The van der Waals surface area contributed by atoms with Crippen molar-refractivity contribution in [3.05, 3.63) is 22.7 Å². The van der Waals surface area contributed by atoms with Crippen molar-refractivity contribution in [2.75, 3.05) is 33.3 Å². The second-order valence-electron chi connectivity index (χ2n) is 5.76. The molecular formula is C15H23BrN2O3S. The van der Waals surface area contributed by atoms with E-state index in [0.29, 0.717) is 16.8 Å². The predicted molar refractivity (Wildman–Crippen MR) is 90.7 cm³/mol. The summed E-state index contributed by atoms with van der Waals surface area (Å²) >= 11 is 3.30. The van der Waals surface area contributed by atoms with Gasteiger partial charge in [-0.1, -0.05) is 22.9 Å². The van der Waals surface area contributed by atoms with Crippen LogP contribution in [0.2, 0.25) is 0 Å². The Balaban J connectivity index is 2.00. The molecule has 0 saturated carbocycles. The van der Waals surface area contributed by atoms with Gasteiger partial charge in [0.25, 0.3) is 0 Å². The zero-order valence-corrected chi connectivity index (χ0v) is 15.4. The summed E-state index contributed by atoms with van der Waals surface area (Å²) in [6.07, 6.45) is 2.49. The predicted octanol–water partition coefficient (Wildman–Crippen LogP) is 2.47. The molecule has 0 radical (unpaired) electrons. The van der Waals surface area contributed by atoms with Crippen molar-refractivity contribution < 1.29 is 13.2 Å². The second-order valence-corrected chi connectivity index (χ2v) is 8.41. The molecule has 1 unspecified atom stereocenters. The summed E-state index contributed by atoms with van der Waals surface area (Å²) in [5.74, 6) is 0.619. The molecule has 0 amide bonds. The minimum Gasteiger partial charge on any atom is -0.495 e. The van der Waals surface area contributed by atoms with E-state index in [1.807, 2.05) is 0 Å². The van der Waals surface area contributed by atoms with Crippen LogP contribution in [0, 0.1) is 5.92 Å². The van der Waals surface area contributed by atoms with E-state index in [2.05, 4.69) is 32.5 Å². The van der Waals surface area contributed by atoms with Crippen LogP contribution in [-0.2, 0) is 10.0 Å². The molecule has 1 atom stereocenters. The normalized spacial score (nSPS) is 17.6. The molecule has 1 aliphatic heterocycles. The van der Waals surface area contributed by atoms with Gasteiger partial charge in [-0.05, 0) is 50.0 Å². The lowest BCUT2D eigenvalue weighted by Crippen LogP contribution is -2.34. The van der Waals surface area contributed by atoms with Crippen LogP contribution in [-0.4, -0.2) is 46.6 Å². The Morgan fingerprint density at radius 2 is 2.05 bits per heavy atom. The largest absolute Gasteiger partial charge is 0.495 e. The maximum Gasteiger partial charge on any atom is 0.244 e. The van der Waals surface area contributed by atoms with Gasteiger partial charge < -0.3 is 9.64 Å². The van der Waals surface area contributed by atoms with Crippen LogP contribution in [0.3, 0.4) is 0 Å². The SMILES string of the molecule is COc1ccc(Br)cc1S(=O)(=O)NCC(C)CN1CCCC1. The van der Waals surface area contributed by atoms with Gasteiger partial charge in [-0.3, -0.25) is 0 Å². The summed E-state index contributed by atoms with van der Waals surface area (Å²) in [6.45, 7) is 5.67. The molecule has 0 bridgehead atoms. The summed E-state index contributed by atoms with van der Waals surface area (Å²) in [6, 6.07) is 4.96. The third-order valence-electron chi connectivity index (χ3n) is 3.81. The van der Waals surface area contributed by atoms with Gasteiger partial charge >= 0.3 is 0 Å². The van der Waals surface area contributed by atoms with Crippen molar-refractivity contribution >= 4 is 26.0 Å². The highest BCUT2D eigenvalue weighted by atomic mass is 79.9. The molecule has 1 aliphatic rings. The summed E-state index contributed by atoms with van der Waals surface area (Å²) in [5, 5.41) is 0. The summed E-state index contributed by atoms with van der Waals surface area (Å²) in [4.78, 5) is 2.55. The Kier molecular flexibility index (Phi) is 6.26. The topological polar surface area (TPSA) is 58.6 Å². The monoisotopic (exact) mass is 390 g/mol. The quantitative estimate of drug-likeness (QED) is 0.776. The van der Waals surface area contributed by atoms with Crippen molar-refractivity contribution in [2.45, 2.75) is 24.7 Å². The van der Waals surface area contributed by atoms with Gasteiger partial charge in [0, 0.05) is 17.6 Å². The Hall–Kier alpha value is -0.630. The molecule has 1 aromatic carbocycles. The minimum atomic E-state index is -3.58. The average molecular weight is 391 g/mol. The lowest BCUT2D eigenvalue weighted by Gasteiger charge is -2.20. The first-order chi connectivity index (χ1) is 10.4. The fourth-order valence-corrected chi connectivity index (χ4v) is 4.53. The maximum atomic E-state index is 12.5. The van der Waals surface area contributed by atoms with E-state index in [9.17, 15) is 8.42 Å². The van der Waals surface area contributed by atoms with Crippen LogP contribution in [0.4, 0.5) is 0 Å². The Labute approximate surface area is 141 Å². The lowest BCUT2D eigenvalue weighted by molar-refractivity contribution is 0.288. The Morgan fingerprint density at radius 1 is 1.36 bits per heavy atom. The van der Waals surface area contributed by atoms with Crippen LogP contribution in [0.15, 0.2) is 27.6 Å². The van der Waals surface area contributed by atoms with Crippen molar-refractivity contribution in [1.29, 1.82) is 0 Å². The van der Waals surface area contributed by atoms with Crippen LogP contribution < -0.4 is 9.46 Å². The highest BCUT2D eigenvalue weighted by molar-refractivity contribution is 9.10. The number of ether oxygens (including phenoxy) is 1. The van der Waals surface area contributed by atoms with Crippen LogP contribution in [0.1, 0.15) is 19.8 Å². The number of likely N-dealkylation sites (tertiary alicyclic amines) is 1. The first kappa shape index (κ1) is 17.7. The van der Waals surface area contributed by atoms with Gasteiger partial charge in [0.1, 0.15) is 10.6 Å². The molecule has 1 aromatic rings. The summed E-state index contributed by atoms with van der Waals surface area (Å²) in [5.41, 5.74) is 0. The number of rotatable bonds is 7. The summed E-state index contributed by atoms with van der Waals surface area (Å²) < 4.78 is 33.5. The van der Waals surface area contributed by atoms with Gasteiger partial charge in [0.2, 0.25) is 10.0 Å². The first-order valence-electron chi connectivity index (χ1n) is 7.48. The molecule has 1 fully saturated rings. The molecule has 1 N–H and O–H groups in total. The van der Waals surface area contributed by atoms with Crippen molar-refractivity contribution in [1.82, 2.24) is 9.62 Å². The van der Waals surface area contributed by atoms with E-state index >= 15 is 0 Å². The standard InChI is InChI=1S/C15H23BrN2O3S/c1-12(11-18-7-3-4-8-18)10-17-22(19,20)15-9-13(16)5-6-14(15)21-2/h5-6,9,12,17H,3-4,7-8,10-11H2,1-2H3. The molecule has 5 nitrogen and oxygen atoms in total. The molecule has 2 rings (SSSR count). The Morgan fingerprint density at radius 3 is 2.68 bits per heavy atom. The highest BCUT2D eigenvalue weighted by Gasteiger charge is 2.21. The zero-order chi connectivity index (χ0) is 16.2. The van der Waals surface area contributed by atoms with Crippen molar-refractivity contribution in [3.63, 3.8) is 0 Å². The minimum absolute atomic E-state index is 0.165. The smallest absolute Gasteiger partial charge is 0.244 e. The molecule has 1 saturated heterocycles. The van der Waals surface area contributed by atoms with E-state index in [4.69, 9.17) is 4.74 Å². The molecule has 0 spiro atoms. The van der Waals surface area contributed by atoms with Crippen molar-refractivity contribution in [3.8, 4) is 5.75 Å². The van der Waals surface area contributed by atoms with Gasteiger partial charge in [-0.2, -0.15) is 0 Å². The molecule has 1 heterocycles. The highest BCUT2D eigenvalue weighted by Crippen LogP contribution is 2.27. The summed E-state index contributed by atoms with van der Waals surface area (Å²) in [7, 11) is -2.11. The molecular weight excluding hydrogens is 368 g/mol. The van der Waals surface area contributed by atoms with Crippen LogP contribution in [0.5, 0.6) is 5.75 Å². The number of sulfonamides is 1. The number of nitrogens with one attached hydrogen (secondary N) is 1. The molecule has 0 aromatic heterocycles.